The minimum absolute atomic E-state index is 0.0492. The number of carbonyl (C=O) groups is 1. The van der Waals surface area contributed by atoms with Gasteiger partial charge in [-0.25, -0.2) is 8.78 Å². The van der Waals surface area contributed by atoms with Gasteiger partial charge in [-0.15, -0.1) is 0 Å². The molecule has 0 aliphatic heterocycles. The van der Waals surface area contributed by atoms with Gasteiger partial charge in [0.2, 0.25) is 0 Å². The van der Waals surface area contributed by atoms with Crippen LogP contribution < -0.4 is 0 Å². The van der Waals surface area contributed by atoms with Crippen molar-refractivity contribution in [3.8, 4) is 0 Å². The number of carboxylic acids is 1. The Bertz CT molecular complexity index is 644. The van der Waals surface area contributed by atoms with E-state index >= 15 is 0 Å². The Balaban J connectivity index is 2.38. The molecule has 5 heteroatoms. The molecule has 1 N–H and O–H groups in total. The van der Waals surface area contributed by atoms with Crippen LogP contribution in [0.25, 0.3) is 0 Å². The standard InChI is InChI=1S/C15H11BrF2O2/c16-13-4-2-1-3-11(13)12(15(19)20)8-9-7-10(17)5-6-14(9)18/h1-7,12H,8H2,(H,19,20). The molecule has 0 amide bonds. The monoisotopic (exact) mass is 340 g/mol. The molecule has 2 aromatic rings. The third-order valence-corrected chi connectivity index (χ3v) is 3.73. The first-order valence-corrected chi connectivity index (χ1v) is 6.69. The van der Waals surface area contributed by atoms with Crippen LogP contribution in [0.15, 0.2) is 46.9 Å². The summed E-state index contributed by atoms with van der Waals surface area (Å²) >= 11 is 3.28. The zero-order valence-corrected chi connectivity index (χ0v) is 11.9. The summed E-state index contributed by atoms with van der Waals surface area (Å²) in [6, 6.07) is 9.87. The largest absolute Gasteiger partial charge is 0.481 e. The molecular weight excluding hydrogens is 330 g/mol. The molecule has 20 heavy (non-hydrogen) atoms. The molecule has 104 valence electrons. The second kappa shape index (κ2) is 6.13. The lowest BCUT2D eigenvalue weighted by Gasteiger charge is -2.15. The van der Waals surface area contributed by atoms with Crippen molar-refractivity contribution in [1.29, 1.82) is 0 Å². The Morgan fingerprint density at radius 2 is 1.90 bits per heavy atom. The number of aliphatic carboxylic acids is 1. The highest BCUT2D eigenvalue weighted by Crippen LogP contribution is 2.29. The van der Waals surface area contributed by atoms with Crippen LogP contribution in [0.5, 0.6) is 0 Å². The molecule has 1 unspecified atom stereocenters. The minimum atomic E-state index is -1.08. The number of hydrogen-bond acceptors (Lipinski definition) is 1. The van der Waals surface area contributed by atoms with E-state index in [-0.39, 0.29) is 12.0 Å². The highest BCUT2D eigenvalue weighted by molar-refractivity contribution is 9.10. The number of carboxylic acid groups (broad SMARTS) is 1. The van der Waals surface area contributed by atoms with Gasteiger partial charge in [0, 0.05) is 4.47 Å². The fourth-order valence-electron chi connectivity index (χ4n) is 2.01. The third kappa shape index (κ3) is 3.22. The average molecular weight is 341 g/mol. The van der Waals surface area contributed by atoms with Gasteiger partial charge in [-0.1, -0.05) is 34.1 Å². The number of rotatable bonds is 4. The molecular formula is C15H11BrF2O2. The number of halogens is 3. The van der Waals surface area contributed by atoms with Crippen LogP contribution in [0, 0.1) is 11.6 Å². The predicted octanol–water partition coefficient (Wildman–Crippen LogP) is 4.14. The van der Waals surface area contributed by atoms with Gasteiger partial charge in [0.25, 0.3) is 0 Å². The summed E-state index contributed by atoms with van der Waals surface area (Å²) < 4.78 is 27.4. The van der Waals surface area contributed by atoms with Gasteiger partial charge in [-0.3, -0.25) is 4.79 Å². The van der Waals surface area contributed by atoms with E-state index in [0.29, 0.717) is 10.0 Å². The fraction of sp³-hybridized carbons (Fsp3) is 0.133. The normalized spacial score (nSPS) is 12.2. The van der Waals surface area contributed by atoms with Crippen LogP contribution in [0.1, 0.15) is 17.0 Å². The molecule has 0 aliphatic carbocycles. The first-order valence-electron chi connectivity index (χ1n) is 5.90. The first kappa shape index (κ1) is 14.7. The lowest BCUT2D eigenvalue weighted by atomic mass is 9.92. The molecule has 0 spiro atoms. The second-order valence-corrected chi connectivity index (χ2v) is 5.21. The van der Waals surface area contributed by atoms with Crippen LogP contribution in [0.4, 0.5) is 8.78 Å². The molecule has 2 rings (SSSR count). The van der Waals surface area contributed by atoms with Crippen molar-refractivity contribution in [2.75, 3.05) is 0 Å². The quantitative estimate of drug-likeness (QED) is 0.908. The molecule has 0 saturated heterocycles. The Kier molecular flexibility index (Phi) is 4.49. The van der Waals surface area contributed by atoms with Crippen molar-refractivity contribution in [2.45, 2.75) is 12.3 Å². The van der Waals surface area contributed by atoms with E-state index in [1.54, 1.807) is 24.3 Å². The Hall–Kier alpha value is -1.75. The Morgan fingerprint density at radius 1 is 1.20 bits per heavy atom. The highest BCUT2D eigenvalue weighted by Gasteiger charge is 2.23. The maximum atomic E-state index is 13.6. The summed E-state index contributed by atoms with van der Waals surface area (Å²) in [6.45, 7) is 0. The molecule has 2 nitrogen and oxygen atoms in total. The summed E-state index contributed by atoms with van der Waals surface area (Å²) in [6.07, 6.45) is -0.110. The third-order valence-electron chi connectivity index (χ3n) is 3.01. The molecule has 0 radical (unpaired) electrons. The number of hydrogen-bond donors (Lipinski definition) is 1. The van der Waals surface area contributed by atoms with Crippen LogP contribution >= 0.6 is 15.9 Å². The summed E-state index contributed by atoms with van der Waals surface area (Å²) in [4.78, 5) is 11.4. The summed E-state index contributed by atoms with van der Waals surface area (Å²) in [5, 5.41) is 9.34. The van der Waals surface area contributed by atoms with E-state index < -0.39 is 23.5 Å². The summed E-state index contributed by atoms with van der Waals surface area (Å²) in [5.74, 6) is -3.22. The van der Waals surface area contributed by atoms with Gasteiger partial charge in [-0.2, -0.15) is 0 Å². The van der Waals surface area contributed by atoms with E-state index in [2.05, 4.69) is 15.9 Å². The molecule has 0 aromatic heterocycles. The van der Waals surface area contributed by atoms with Crippen molar-refractivity contribution >= 4 is 21.9 Å². The van der Waals surface area contributed by atoms with Crippen molar-refractivity contribution < 1.29 is 18.7 Å². The van der Waals surface area contributed by atoms with Crippen molar-refractivity contribution in [2.24, 2.45) is 0 Å². The van der Waals surface area contributed by atoms with E-state index in [1.165, 1.54) is 0 Å². The van der Waals surface area contributed by atoms with E-state index in [4.69, 9.17) is 0 Å². The minimum Gasteiger partial charge on any atom is -0.481 e. The molecule has 0 aliphatic rings. The van der Waals surface area contributed by atoms with E-state index in [1.807, 2.05) is 0 Å². The lowest BCUT2D eigenvalue weighted by molar-refractivity contribution is -0.138. The van der Waals surface area contributed by atoms with Crippen molar-refractivity contribution in [1.82, 2.24) is 0 Å². The Morgan fingerprint density at radius 3 is 2.55 bits per heavy atom. The fourth-order valence-corrected chi connectivity index (χ4v) is 2.57. The summed E-state index contributed by atoms with van der Waals surface area (Å²) in [5.41, 5.74) is 0.580. The highest BCUT2D eigenvalue weighted by atomic mass is 79.9. The zero-order valence-electron chi connectivity index (χ0n) is 10.3. The van der Waals surface area contributed by atoms with Crippen molar-refractivity contribution in [3.05, 3.63) is 69.7 Å². The maximum Gasteiger partial charge on any atom is 0.311 e. The van der Waals surface area contributed by atoms with Gasteiger partial charge < -0.3 is 5.11 Å². The second-order valence-electron chi connectivity index (χ2n) is 4.35. The van der Waals surface area contributed by atoms with Crippen LogP contribution in [0.2, 0.25) is 0 Å². The smallest absolute Gasteiger partial charge is 0.311 e. The molecule has 0 saturated carbocycles. The Labute approximate surface area is 123 Å². The van der Waals surface area contributed by atoms with Crippen LogP contribution in [-0.2, 0) is 11.2 Å². The van der Waals surface area contributed by atoms with Crippen molar-refractivity contribution in [3.63, 3.8) is 0 Å². The number of benzene rings is 2. The zero-order chi connectivity index (χ0) is 14.7. The molecule has 2 aromatic carbocycles. The van der Waals surface area contributed by atoms with E-state index in [9.17, 15) is 18.7 Å². The first-order chi connectivity index (χ1) is 9.49. The van der Waals surface area contributed by atoms with Gasteiger partial charge in [0.1, 0.15) is 11.6 Å². The average Bonchev–Trinajstić information content (AvgIpc) is 2.40. The van der Waals surface area contributed by atoms with Gasteiger partial charge >= 0.3 is 5.97 Å². The lowest BCUT2D eigenvalue weighted by Crippen LogP contribution is -2.16. The van der Waals surface area contributed by atoms with Gasteiger partial charge in [0.15, 0.2) is 0 Å². The van der Waals surface area contributed by atoms with Crippen LogP contribution in [-0.4, -0.2) is 11.1 Å². The van der Waals surface area contributed by atoms with Gasteiger partial charge in [0.05, 0.1) is 5.92 Å². The maximum absolute atomic E-state index is 13.6. The van der Waals surface area contributed by atoms with Crippen LogP contribution in [0.3, 0.4) is 0 Å². The molecule has 1 atom stereocenters. The predicted molar refractivity (Wildman–Crippen MR) is 74.6 cm³/mol. The molecule has 0 fully saturated rings. The molecule has 0 heterocycles. The van der Waals surface area contributed by atoms with E-state index in [0.717, 1.165) is 18.2 Å². The van der Waals surface area contributed by atoms with Gasteiger partial charge in [-0.05, 0) is 41.8 Å². The summed E-state index contributed by atoms with van der Waals surface area (Å²) in [7, 11) is 0. The molecule has 0 bridgehead atoms. The SMILES string of the molecule is O=C(O)C(Cc1cc(F)ccc1F)c1ccccc1Br. The topological polar surface area (TPSA) is 37.3 Å².